The zero-order chi connectivity index (χ0) is 15.0. The number of hydrogen-bond acceptors (Lipinski definition) is 2. The summed E-state index contributed by atoms with van der Waals surface area (Å²) in [7, 11) is -2.20. The molecule has 0 aromatic heterocycles. The maximum absolute atomic E-state index is 12.6. The van der Waals surface area contributed by atoms with E-state index in [1.165, 1.54) is 23.5 Å². The van der Waals surface area contributed by atoms with Crippen molar-refractivity contribution in [3.63, 3.8) is 0 Å². The van der Waals surface area contributed by atoms with Crippen LogP contribution in [0.4, 0.5) is 0 Å². The minimum absolute atomic E-state index is 0.0527. The molecule has 0 spiro atoms. The maximum atomic E-state index is 12.6. The molecular formula is C12H16BrCl2NO2S. The maximum Gasteiger partial charge on any atom is 0.246 e. The van der Waals surface area contributed by atoms with Crippen molar-refractivity contribution in [3.8, 4) is 0 Å². The summed E-state index contributed by atoms with van der Waals surface area (Å²) in [4.78, 5) is -0.0527. The van der Waals surface area contributed by atoms with Gasteiger partial charge in [-0.25, -0.2) is 8.42 Å². The molecule has 0 bridgehead atoms. The molecule has 1 aromatic carbocycles. The van der Waals surface area contributed by atoms with Crippen LogP contribution in [-0.4, -0.2) is 25.3 Å². The van der Waals surface area contributed by atoms with E-state index in [-0.39, 0.29) is 14.9 Å². The van der Waals surface area contributed by atoms with E-state index in [4.69, 9.17) is 23.2 Å². The van der Waals surface area contributed by atoms with Gasteiger partial charge in [0.05, 0.1) is 10.0 Å². The lowest BCUT2D eigenvalue weighted by Gasteiger charge is -2.34. The average molecular weight is 389 g/mol. The highest BCUT2D eigenvalue weighted by molar-refractivity contribution is 9.10. The first-order valence-electron chi connectivity index (χ1n) is 5.67. The van der Waals surface area contributed by atoms with Crippen LogP contribution in [0.2, 0.25) is 10.0 Å². The van der Waals surface area contributed by atoms with Crippen LogP contribution in [0.15, 0.2) is 21.5 Å². The third kappa shape index (κ3) is 3.45. The van der Waals surface area contributed by atoms with Crippen LogP contribution in [0.3, 0.4) is 0 Å². The lowest BCUT2D eigenvalue weighted by Crippen LogP contribution is -2.44. The molecule has 3 nitrogen and oxygen atoms in total. The van der Waals surface area contributed by atoms with Crippen LogP contribution in [0.1, 0.15) is 27.2 Å². The third-order valence-electron chi connectivity index (χ3n) is 3.30. The Hall–Kier alpha value is 0.190. The molecule has 0 heterocycles. The van der Waals surface area contributed by atoms with Gasteiger partial charge in [-0.15, -0.1) is 0 Å². The lowest BCUT2D eigenvalue weighted by atomic mass is 10.0. The van der Waals surface area contributed by atoms with Gasteiger partial charge in [-0.3, -0.25) is 0 Å². The van der Waals surface area contributed by atoms with E-state index >= 15 is 0 Å². The highest BCUT2D eigenvalue weighted by atomic mass is 79.9. The molecule has 0 unspecified atom stereocenters. The number of halogens is 3. The lowest BCUT2D eigenvalue weighted by molar-refractivity contribution is 0.257. The molecule has 0 aliphatic rings. The summed E-state index contributed by atoms with van der Waals surface area (Å²) in [6.45, 7) is 5.63. The summed E-state index contributed by atoms with van der Waals surface area (Å²) >= 11 is 15.3. The fourth-order valence-electron chi connectivity index (χ4n) is 1.46. The Morgan fingerprint density at radius 2 is 1.68 bits per heavy atom. The molecule has 1 aromatic rings. The Balaban J connectivity index is 3.45. The van der Waals surface area contributed by atoms with Gasteiger partial charge in [0, 0.05) is 17.1 Å². The molecule has 0 amide bonds. The van der Waals surface area contributed by atoms with Gasteiger partial charge in [0.2, 0.25) is 10.0 Å². The smallest absolute Gasteiger partial charge is 0.207 e. The van der Waals surface area contributed by atoms with Crippen molar-refractivity contribution in [2.24, 2.45) is 0 Å². The van der Waals surface area contributed by atoms with Crippen LogP contribution in [-0.2, 0) is 10.0 Å². The molecule has 0 saturated carbocycles. The Bertz CT molecular complexity index is 564. The molecule has 108 valence electrons. The summed E-state index contributed by atoms with van der Waals surface area (Å²) in [5, 5.41) is 0.219. The fourth-order valence-corrected chi connectivity index (χ4v) is 4.92. The third-order valence-corrected chi connectivity index (χ3v) is 6.75. The molecular weight excluding hydrogens is 373 g/mol. The van der Waals surface area contributed by atoms with Gasteiger partial charge in [-0.05, 0) is 32.4 Å². The predicted octanol–water partition coefficient (Wildman–Crippen LogP) is 4.57. The molecule has 0 atom stereocenters. The minimum atomic E-state index is -3.74. The molecule has 7 heteroatoms. The van der Waals surface area contributed by atoms with Gasteiger partial charge in [-0.1, -0.05) is 46.1 Å². The first-order chi connectivity index (χ1) is 8.54. The second-order valence-electron chi connectivity index (χ2n) is 4.84. The Morgan fingerprint density at radius 3 is 2.05 bits per heavy atom. The van der Waals surface area contributed by atoms with E-state index in [1.54, 1.807) is 0 Å². The van der Waals surface area contributed by atoms with E-state index in [1.807, 2.05) is 20.8 Å². The number of benzene rings is 1. The molecule has 0 saturated heterocycles. The second kappa shape index (κ2) is 5.90. The molecule has 0 N–H and O–H groups in total. The van der Waals surface area contributed by atoms with Crippen molar-refractivity contribution >= 4 is 49.2 Å². The molecule has 19 heavy (non-hydrogen) atoms. The predicted molar refractivity (Wildman–Crippen MR) is 83.5 cm³/mol. The summed E-state index contributed by atoms with van der Waals surface area (Å²) < 4.78 is 27.2. The van der Waals surface area contributed by atoms with Crippen molar-refractivity contribution in [2.75, 3.05) is 7.05 Å². The van der Waals surface area contributed by atoms with Gasteiger partial charge < -0.3 is 0 Å². The zero-order valence-electron chi connectivity index (χ0n) is 11.2. The van der Waals surface area contributed by atoms with E-state index in [2.05, 4.69) is 15.9 Å². The quantitative estimate of drug-likeness (QED) is 0.757. The van der Waals surface area contributed by atoms with Crippen molar-refractivity contribution in [1.82, 2.24) is 4.31 Å². The molecule has 0 aliphatic carbocycles. The van der Waals surface area contributed by atoms with Crippen LogP contribution in [0, 0.1) is 0 Å². The number of rotatable bonds is 4. The van der Waals surface area contributed by atoms with E-state index in [0.29, 0.717) is 10.9 Å². The molecule has 0 radical (unpaired) electrons. The van der Waals surface area contributed by atoms with Gasteiger partial charge in [0.1, 0.15) is 4.90 Å². The second-order valence-corrected chi connectivity index (χ2v) is 8.47. The average Bonchev–Trinajstić information content (AvgIpc) is 2.26. The molecule has 0 fully saturated rings. The zero-order valence-corrected chi connectivity index (χ0v) is 15.1. The standard InChI is InChI=1S/C12H16BrCl2NO2S/c1-5-12(2,3)16(4)19(17,18)11-9(14)6-8(13)7-10(11)15/h6-7H,5H2,1-4H3. The fraction of sp³-hybridized carbons (Fsp3) is 0.500. The normalized spacial score (nSPS) is 13.1. The SMILES string of the molecule is CCC(C)(C)N(C)S(=O)(=O)c1c(Cl)cc(Br)cc1Cl. The molecule has 0 aliphatic heterocycles. The number of hydrogen-bond donors (Lipinski definition) is 0. The highest BCUT2D eigenvalue weighted by Gasteiger charge is 2.35. The molecule has 1 rings (SSSR count). The Morgan fingerprint density at radius 1 is 1.26 bits per heavy atom. The minimum Gasteiger partial charge on any atom is -0.207 e. The largest absolute Gasteiger partial charge is 0.246 e. The van der Waals surface area contributed by atoms with E-state index < -0.39 is 15.6 Å². The summed E-state index contributed by atoms with van der Waals surface area (Å²) in [6, 6.07) is 3.04. The Kier molecular flexibility index (Phi) is 5.35. The first-order valence-corrected chi connectivity index (χ1v) is 8.66. The number of sulfonamides is 1. The summed E-state index contributed by atoms with van der Waals surface area (Å²) in [5.41, 5.74) is -0.515. The highest BCUT2D eigenvalue weighted by Crippen LogP contribution is 2.36. The first kappa shape index (κ1) is 17.2. The number of nitrogens with zero attached hydrogens (tertiary/aromatic N) is 1. The van der Waals surface area contributed by atoms with Crippen molar-refractivity contribution < 1.29 is 8.42 Å². The van der Waals surface area contributed by atoms with Crippen LogP contribution < -0.4 is 0 Å². The van der Waals surface area contributed by atoms with Crippen molar-refractivity contribution in [2.45, 2.75) is 37.6 Å². The summed E-state index contributed by atoms with van der Waals surface area (Å²) in [5.74, 6) is 0. The topological polar surface area (TPSA) is 37.4 Å². The summed E-state index contributed by atoms with van der Waals surface area (Å²) in [6.07, 6.45) is 0.675. The van der Waals surface area contributed by atoms with Gasteiger partial charge in [0.15, 0.2) is 0 Å². The van der Waals surface area contributed by atoms with Crippen LogP contribution in [0.25, 0.3) is 0 Å². The van der Waals surface area contributed by atoms with Crippen molar-refractivity contribution in [1.29, 1.82) is 0 Å². The Labute approximate surface area is 133 Å². The van der Waals surface area contributed by atoms with E-state index in [0.717, 1.165) is 0 Å². The van der Waals surface area contributed by atoms with Gasteiger partial charge in [-0.2, -0.15) is 4.31 Å². The monoisotopic (exact) mass is 387 g/mol. The van der Waals surface area contributed by atoms with Gasteiger partial charge >= 0.3 is 0 Å². The van der Waals surface area contributed by atoms with Crippen LogP contribution >= 0.6 is 39.1 Å². The van der Waals surface area contributed by atoms with Crippen LogP contribution in [0.5, 0.6) is 0 Å². The van der Waals surface area contributed by atoms with E-state index in [9.17, 15) is 8.42 Å². The van der Waals surface area contributed by atoms with Crippen molar-refractivity contribution in [3.05, 3.63) is 26.7 Å². The van der Waals surface area contributed by atoms with Gasteiger partial charge in [0.25, 0.3) is 0 Å².